The van der Waals surface area contributed by atoms with Gasteiger partial charge in [-0.05, 0) is 89.5 Å². The average molecular weight is 740 g/mol. The molecular weight excluding hydrogens is 707 g/mol. The molecule has 1 spiro atoms. The molecule has 0 fully saturated rings. The van der Waals surface area contributed by atoms with E-state index in [4.69, 9.17) is 9.97 Å². The van der Waals surface area contributed by atoms with Crippen LogP contribution in [-0.2, 0) is 5.41 Å². The molecule has 3 aromatic heterocycles. The quantitative estimate of drug-likeness (QED) is 0.181. The summed E-state index contributed by atoms with van der Waals surface area (Å²) in [5.74, 6) is 0. The predicted octanol–water partition coefficient (Wildman–Crippen LogP) is 12.8. The number of para-hydroxylation sites is 5. The van der Waals surface area contributed by atoms with Crippen molar-refractivity contribution in [3.8, 4) is 22.6 Å². The fourth-order valence-electron chi connectivity index (χ4n) is 10.3. The van der Waals surface area contributed by atoms with Gasteiger partial charge in [0.05, 0.1) is 50.2 Å². The molecule has 0 amide bonds. The Kier molecular flexibility index (Phi) is 6.31. The first-order chi connectivity index (χ1) is 28.8. The van der Waals surface area contributed by atoms with Gasteiger partial charge < -0.3 is 14.0 Å². The summed E-state index contributed by atoms with van der Waals surface area (Å²) in [5.41, 5.74) is 15.9. The Balaban J connectivity index is 1.19. The van der Waals surface area contributed by atoms with Gasteiger partial charge in [-0.1, -0.05) is 115 Å². The number of nitrogens with zero attached hydrogens (tertiary/aromatic N) is 5. The number of hydrogen-bond acceptors (Lipinski definition) is 3. The highest BCUT2D eigenvalue weighted by Crippen LogP contribution is 2.63. The highest BCUT2D eigenvalue weighted by Gasteiger charge is 2.54. The first-order valence-electron chi connectivity index (χ1n) is 19.8. The van der Waals surface area contributed by atoms with Crippen LogP contribution < -0.4 is 4.90 Å². The van der Waals surface area contributed by atoms with Crippen molar-refractivity contribution in [1.29, 1.82) is 0 Å². The zero-order valence-electron chi connectivity index (χ0n) is 31.3. The second-order valence-corrected chi connectivity index (χ2v) is 15.4. The van der Waals surface area contributed by atoms with E-state index < -0.39 is 5.41 Å². The number of hydrogen-bond donors (Lipinski definition) is 0. The highest BCUT2D eigenvalue weighted by molar-refractivity contribution is 6.10. The molecule has 0 atom stereocenters. The molecule has 58 heavy (non-hydrogen) atoms. The van der Waals surface area contributed by atoms with E-state index in [-0.39, 0.29) is 0 Å². The zero-order valence-corrected chi connectivity index (χ0v) is 31.3. The molecule has 0 N–H and O–H groups in total. The Morgan fingerprint density at radius 2 is 0.810 bits per heavy atom. The summed E-state index contributed by atoms with van der Waals surface area (Å²) >= 11 is 0. The molecule has 13 rings (SSSR count). The molecule has 0 saturated carbocycles. The largest absolute Gasteiger partial charge is 0.310 e. The fourth-order valence-corrected chi connectivity index (χ4v) is 10.3. The van der Waals surface area contributed by atoms with Crippen molar-refractivity contribution in [3.63, 3.8) is 0 Å². The Bertz CT molecular complexity index is 3160. The molecule has 1 aliphatic heterocycles. The lowest BCUT2D eigenvalue weighted by Crippen LogP contribution is -2.37. The Hall–Kier alpha value is -7.76. The molecule has 0 bridgehead atoms. The molecule has 4 heterocycles. The van der Waals surface area contributed by atoms with Gasteiger partial charge in [0.1, 0.15) is 0 Å². The maximum absolute atomic E-state index is 5.34. The molecule has 5 nitrogen and oxygen atoms in total. The fraction of sp³-hybridized carbons (Fsp3) is 0.0189. The van der Waals surface area contributed by atoms with E-state index in [1.807, 2.05) is 12.4 Å². The van der Waals surface area contributed by atoms with Crippen LogP contribution in [0.15, 0.2) is 200 Å². The van der Waals surface area contributed by atoms with Gasteiger partial charge in [-0.3, -0.25) is 9.97 Å². The maximum atomic E-state index is 5.34. The SMILES string of the molecule is c1ccc(N2c3ccc(-n4c5ccccc5c5ccccc54)cc3C3(c4ccccc4-c4nccnc43)c3cc(-n4c5ccccc5c5ccccc54)ccc32)cc1. The van der Waals surface area contributed by atoms with Crippen LogP contribution in [0, 0.1) is 0 Å². The minimum Gasteiger partial charge on any atom is -0.310 e. The second-order valence-electron chi connectivity index (χ2n) is 15.4. The number of anilines is 3. The smallest absolute Gasteiger partial charge is 0.0944 e. The van der Waals surface area contributed by atoms with E-state index in [9.17, 15) is 0 Å². The first kappa shape index (κ1) is 31.4. The van der Waals surface area contributed by atoms with Gasteiger partial charge in [0.2, 0.25) is 0 Å². The molecule has 270 valence electrons. The van der Waals surface area contributed by atoms with Gasteiger partial charge in [-0.2, -0.15) is 0 Å². The van der Waals surface area contributed by atoms with E-state index >= 15 is 0 Å². The van der Waals surface area contributed by atoms with Crippen LogP contribution in [-0.4, -0.2) is 19.1 Å². The van der Waals surface area contributed by atoms with Crippen molar-refractivity contribution in [2.24, 2.45) is 0 Å². The number of aromatic nitrogens is 4. The summed E-state index contributed by atoms with van der Waals surface area (Å²) in [5, 5.41) is 4.94. The predicted molar refractivity (Wildman–Crippen MR) is 236 cm³/mol. The van der Waals surface area contributed by atoms with Gasteiger partial charge in [-0.25, -0.2) is 0 Å². The Labute approximate surface area is 334 Å². The molecular formula is C53H33N5. The van der Waals surface area contributed by atoms with Gasteiger partial charge in [-0.15, -0.1) is 0 Å². The average Bonchev–Trinajstić information content (AvgIpc) is 3.92. The minimum atomic E-state index is -0.792. The molecule has 0 saturated heterocycles. The summed E-state index contributed by atoms with van der Waals surface area (Å²) in [6.07, 6.45) is 3.70. The van der Waals surface area contributed by atoms with Gasteiger partial charge in [0, 0.05) is 56.6 Å². The normalized spacial score (nSPS) is 13.6. The molecule has 11 aromatic rings. The van der Waals surface area contributed by atoms with Crippen LogP contribution in [0.3, 0.4) is 0 Å². The van der Waals surface area contributed by atoms with E-state index in [2.05, 4.69) is 202 Å². The summed E-state index contributed by atoms with van der Waals surface area (Å²) in [6.45, 7) is 0. The summed E-state index contributed by atoms with van der Waals surface area (Å²) < 4.78 is 4.85. The van der Waals surface area contributed by atoms with Gasteiger partial charge in [0.15, 0.2) is 0 Å². The number of benzene rings is 8. The highest BCUT2D eigenvalue weighted by atomic mass is 15.2. The summed E-state index contributed by atoms with van der Waals surface area (Å²) in [6, 6.07) is 68.6. The lowest BCUT2D eigenvalue weighted by atomic mass is 9.66. The van der Waals surface area contributed by atoms with Gasteiger partial charge in [0.25, 0.3) is 0 Å². The first-order valence-corrected chi connectivity index (χ1v) is 19.8. The third kappa shape index (κ3) is 3.99. The van der Waals surface area contributed by atoms with E-state index in [1.165, 1.54) is 49.2 Å². The van der Waals surface area contributed by atoms with Crippen LogP contribution in [0.5, 0.6) is 0 Å². The van der Waals surface area contributed by atoms with Crippen molar-refractivity contribution >= 4 is 60.7 Å². The topological polar surface area (TPSA) is 38.9 Å². The lowest BCUT2D eigenvalue weighted by molar-refractivity contribution is 0.720. The van der Waals surface area contributed by atoms with Crippen molar-refractivity contribution in [3.05, 3.63) is 223 Å². The third-order valence-corrected chi connectivity index (χ3v) is 12.6. The second kappa shape index (κ2) is 11.6. The zero-order chi connectivity index (χ0) is 38.0. The van der Waals surface area contributed by atoms with E-state index in [1.54, 1.807) is 0 Å². The molecule has 1 aliphatic carbocycles. The van der Waals surface area contributed by atoms with Crippen molar-refractivity contribution in [2.75, 3.05) is 4.90 Å². The van der Waals surface area contributed by atoms with Crippen molar-refractivity contribution < 1.29 is 0 Å². The minimum absolute atomic E-state index is 0.792. The molecule has 2 aliphatic rings. The summed E-state index contributed by atoms with van der Waals surface area (Å²) in [4.78, 5) is 12.9. The van der Waals surface area contributed by atoms with Crippen molar-refractivity contribution in [1.82, 2.24) is 19.1 Å². The molecule has 8 aromatic carbocycles. The number of fused-ring (bicyclic) bond motifs is 15. The van der Waals surface area contributed by atoms with E-state index in [0.29, 0.717) is 0 Å². The molecule has 0 radical (unpaired) electrons. The van der Waals surface area contributed by atoms with E-state index in [0.717, 1.165) is 56.5 Å². The summed E-state index contributed by atoms with van der Waals surface area (Å²) in [7, 11) is 0. The molecule has 0 unspecified atom stereocenters. The van der Waals surface area contributed by atoms with Crippen LogP contribution in [0.2, 0.25) is 0 Å². The Morgan fingerprint density at radius 1 is 0.362 bits per heavy atom. The van der Waals surface area contributed by atoms with Gasteiger partial charge >= 0.3 is 0 Å². The Morgan fingerprint density at radius 3 is 1.34 bits per heavy atom. The third-order valence-electron chi connectivity index (χ3n) is 12.6. The van der Waals surface area contributed by atoms with Crippen LogP contribution in [0.4, 0.5) is 17.1 Å². The van der Waals surface area contributed by atoms with Crippen LogP contribution >= 0.6 is 0 Å². The monoisotopic (exact) mass is 739 g/mol. The van der Waals surface area contributed by atoms with Crippen LogP contribution in [0.25, 0.3) is 66.2 Å². The van der Waals surface area contributed by atoms with Crippen molar-refractivity contribution in [2.45, 2.75) is 5.41 Å². The molecule has 5 heteroatoms. The lowest BCUT2D eigenvalue weighted by Gasteiger charge is -2.44. The number of rotatable bonds is 3. The van der Waals surface area contributed by atoms with Crippen LogP contribution in [0.1, 0.15) is 22.4 Å². The standard InChI is InChI=1S/C53H33N5/c1-2-14-34(15-3-1)56-49-28-26-35(57-45-22-10-5-16-37(45)38-17-6-11-23-46(38)57)32-43(49)53(42-21-9-4-20-41(42)51-52(53)55-31-30-54-51)44-33-36(27-29-50(44)56)58-47-24-12-7-18-39(47)40-19-8-13-25-48(40)58/h1-33H. The maximum Gasteiger partial charge on any atom is 0.0944 e.